The van der Waals surface area contributed by atoms with Gasteiger partial charge in [-0.05, 0) is 49.6 Å². The minimum atomic E-state index is -0.244. The van der Waals surface area contributed by atoms with Crippen molar-refractivity contribution < 1.29 is 14.3 Å². The molecule has 27 heavy (non-hydrogen) atoms. The number of rotatable bonds is 4. The molecule has 4 rings (SSSR count). The SMILES string of the molecule is Cc1cccc(C(=O)N2CC3(C[C@H](OCc4cnccc4C)CCO3)C2)c1. The van der Waals surface area contributed by atoms with Gasteiger partial charge in [0, 0.05) is 31.0 Å². The molecule has 0 bridgehead atoms. The molecule has 1 aromatic carbocycles. The van der Waals surface area contributed by atoms with Crippen LogP contribution in [0.3, 0.4) is 0 Å². The summed E-state index contributed by atoms with van der Waals surface area (Å²) in [5.41, 5.74) is 3.93. The molecular weight excluding hydrogens is 340 g/mol. The molecule has 0 aliphatic carbocycles. The molecule has 2 aromatic rings. The van der Waals surface area contributed by atoms with Crippen LogP contribution in [0.25, 0.3) is 0 Å². The lowest BCUT2D eigenvalue weighted by Gasteiger charge is -2.53. The number of carbonyl (C=O) groups excluding carboxylic acids is 1. The second-order valence-corrected chi connectivity index (χ2v) is 7.79. The second kappa shape index (κ2) is 7.41. The first-order valence-electron chi connectivity index (χ1n) is 9.56. The fourth-order valence-corrected chi connectivity index (χ4v) is 3.95. The molecule has 2 aliphatic rings. The quantitative estimate of drug-likeness (QED) is 0.833. The van der Waals surface area contributed by atoms with Gasteiger partial charge in [-0.2, -0.15) is 0 Å². The van der Waals surface area contributed by atoms with Crippen LogP contribution in [0.5, 0.6) is 0 Å². The number of nitrogens with zero attached hydrogens (tertiary/aromatic N) is 2. The molecule has 2 fully saturated rings. The van der Waals surface area contributed by atoms with E-state index in [1.807, 2.05) is 48.4 Å². The number of ether oxygens (including phenoxy) is 2. The fourth-order valence-electron chi connectivity index (χ4n) is 3.95. The van der Waals surface area contributed by atoms with Gasteiger partial charge in [-0.25, -0.2) is 0 Å². The van der Waals surface area contributed by atoms with Crippen molar-refractivity contribution in [2.24, 2.45) is 0 Å². The van der Waals surface area contributed by atoms with Crippen molar-refractivity contribution in [2.75, 3.05) is 19.7 Å². The molecule has 5 nitrogen and oxygen atoms in total. The van der Waals surface area contributed by atoms with E-state index in [4.69, 9.17) is 9.47 Å². The van der Waals surface area contributed by atoms with Gasteiger partial charge in [0.1, 0.15) is 5.60 Å². The summed E-state index contributed by atoms with van der Waals surface area (Å²) in [6.45, 7) is 6.63. The van der Waals surface area contributed by atoms with Crippen molar-refractivity contribution in [1.29, 1.82) is 0 Å². The van der Waals surface area contributed by atoms with Gasteiger partial charge in [0.15, 0.2) is 0 Å². The topological polar surface area (TPSA) is 51.7 Å². The maximum absolute atomic E-state index is 12.7. The average Bonchev–Trinajstić information content (AvgIpc) is 2.65. The maximum atomic E-state index is 12.7. The summed E-state index contributed by atoms with van der Waals surface area (Å²) in [4.78, 5) is 18.7. The van der Waals surface area contributed by atoms with Crippen molar-refractivity contribution in [3.05, 3.63) is 65.0 Å². The number of pyridine rings is 1. The van der Waals surface area contributed by atoms with Crippen molar-refractivity contribution in [2.45, 2.75) is 45.0 Å². The van der Waals surface area contributed by atoms with E-state index < -0.39 is 0 Å². The molecule has 142 valence electrons. The number of amides is 1. The van der Waals surface area contributed by atoms with Gasteiger partial charge in [0.2, 0.25) is 0 Å². The number of aromatic nitrogens is 1. The second-order valence-electron chi connectivity index (χ2n) is 7.79. The normalized spacial score (nSPS) is 21.1. The molecule has 2 aliphatic heterocycles. The summed E-state index contributed by atoms with van der Waals surface area (Å²) in [5.74, 6) is 0.0851. The van der Waals surface area contributed by atoms with Crippen LogP contribution >= 0.6 is 0 Å². The van der Waals surface area contributed by atoms with Gasteiger partial charge in [0.25, 0.3) is 5.91 Å². The van der Waals surface area contributed by atoms with Gasteiger partial charge in [-0.3, -0.25) is 9.78 Å². The summed E-state index contributed by atoms with van der Waals surface area (Å²) in [7, 11) is 0. The summed E-state index contributed by atoms with van der Waals surface area (Å²) in [5, 5.41) is 0. The first kappa shape index (κ1) is 18.1. The van der Waals surface area contributed by atoms with Gasteiger partial charge in [-0.15, -0.1) is 0 Å². The lowest BCUT2D eigenvalue weighted by Crippen LogP contribution is -2.67. The van der Waals surface area contributed by atoms with Crippen molar-refractivity contribution in [3.8, 4) is 0 Å². The van der Waals surface area contributed by atoms with Crippen LogP contribution in [-0.2, 0) is 16.1 Å². The zero-order valence-corrected chi connectivity index (χ0v) is 16.0. The highest BCUT2D eigenvalue weighted by molar-refractivity contribution is 5.95. The molecule has 1 amide bonds. The van der Waals surface area contributed by atoms with Crippen LogP contribution in [-0.4, -0.2) is 47.2 Å². The first-order valence-corrected chi connectivity index (χ1v) is 9.56. The van der Waals surface area contributed by atoms with E-state index >= 15 is 0 Å². The van der Waals surface area contributed by atoms with Crippen molar-refractivity contribution >= 4 is 5.91 Å². The van der Waals surface area contributed by atoms with E-state index in [1.165, 1.54) is 5.56 Å². The Morgan fingerprint density at radius 1 is 1.33 bits per heavy atom. The zero-order valence-electron chi connectivity index (χ0n) is 16.0. The van der Waals surface area contributed by atoms with Crippen molar-refractivity contribution in [3.63, 3.8) is 0 Å². The third-order valence-corrected chi connectivity index (χ3v) is 5.58. The summed E-state index contributed by atoms with van der Waals surface area (Å²) in [6.07, 6.45) is 5.57. The number of hydrogen-bond donors (Lipinski definition) is 0. The molecule has 0 N–H and O–H groups in total. The monoisotopic (exact) mass is 366 g/mol. The number of aryl methyl sites for hydroxylation is 2. The Morgan fingerprint density at radius 3 is 2.96 bits per heavy atom. The molecule has 5 heteroatoms. The van der Waals surface area contributed by atoms with Gasteiger partial charge >= 0.3 is 0 Å². The molecule has 1 aromatic heterocycles. The van der Waals surface area contributed by atoms with Gasteiger partial charge < -0.3 is 14.4 Å². The first-order chi connectivity index (χ1) is 13.0. The molecular formula is C22H26N2O3. The van der Waals surface area contributed by atoms with E-state index in [9.17, 15) is 4.79 Å². The van der Waals surface area contributed by atoms with E-state index in [2.05, 4.69) is 11.9 Å². The number of carbonyl (C=O) groups is 1. The summed E-state index contributed by atoms with van der Waals surface area (Å²) >= 11 is 0. The van der Waals surface area contributed by atoms with Crippen LogP contribution < -0.4 is 0 Å². The molecule has 0 saturated carbocycles. The Morgan fingerprint density at radius 2 is 2.19 bits per heavy atom. The summed E-state index contributed by atoms with van der Waals surface area (Å²) < 4.78 is 12.2. The minimum absolute atomic E-state index is 0.0851. The predicted molar refractivity (Wildman–Crippen MR) is 103 cm³/mol. The molecule has 0 radical (unpaired) electrons. The molecule has 2 saturated heterocycles. The molecule has 1 spiro atoms. The number of likely N-dealkylation sites (tertiary alicyclic amines) is 1. The van der Waals surface area contributed by atoms with Gasteiger partial charge in [-0.1, -0.05) is 17.7 Å². The van der Waals surface area contributed by atoms with Gasteiger partial charge in [0.05, 0.1) is 25.8 Å². The Labute approximate surface area is 160 Å². The minimum Gasteiger partial charge on any atom is -0.373 e. The smallest absolute Gasteiger partial charge is 0.254 e. The Kier molecular flexibility index (Phi) is 4.98. The number of hydrogen-bond acceptors (Lipinski definition) is 4. The van der Waals surface area contributed by atoms with Crippen LogP contribution in [0, 0.1) is 13.8 Å². The molecule has 3 heterocycles. The Hall–Kier alpha value is -2.24. The third-order valence-electron chi connectivity index (χ3n) is 5.58. The Balaban J connectivity index is 1.33. The van der Waals surface area contributed by atoms with Crippen molar-refractivity contribution in [1.82, 2.24) is 9.88 Å². The highest BCUT2D eigenvalue weighted by Gasteiger charge is 2.49. The zero-order chi connectivity index (χ0) is 18.9. The van der Waals surface area contributed by atoms with E-state index in [0.717, 1.165) is 29.5 Å². The predicted octanol–water partition coefficient (Wildman–Crippen LogP) is 3.29. The maximum Gasteiger partial charge on any atom is 0.254 e. The Bertz CT molecular complexity index is 830. The fraction of sp³-hybridized carbons (Fsp3) is 0.455. The van der Waals surface area contributed by atoms with E-state index in [1.54, 1.807) is 6.20 Å². The third kappa shape index (κ3) is 3.89. The summed E-state index contributed by atoms with van der Waals surface area (Å²) in [6, 6.07) is 9.76. The number of benzene rings is 1. The highest BCUT2D eigenvalue weighted by Crippen LogP contribution is 2.36. The lowest BCUT2D eigenvalue weighted by atomic mass is 9.84. The van der Waals surface area contributed by atoms with Crippen LogP contribution in [0.2, 0.25) is 0 Å². The standard InChI is InChI=1S/C22H26N2O3/c1-16-4-3-5-18(10-16)21(25)24-14-22(15-24)11-20(7-9-27-22)26-13-19-12-23-8-6-17(19)2/h3-6,8,10,12,20H,7,9,11,13-15H2,1-2H3/t20-/m1/s1. The van der Waals surface area contributed by atoms with E-state index in [0.29, 0.717) is 26.3 Å². The molecule has 0 unspecified atom stereocenters. The van der Waals surface area contributed by atoms with Crippen LogP contribution in [0.15, 0.2) is 42.7 Å². The highest BCUT2D eigenvalue weighted by atomic mass is 16.5. The largest absolute Gasteiger partial charge is 0.373 e. The molecule has 1 atom stereocenters. The van der Waals surface area contributed by atoms with E-state index in [-0.39, 0.29) is 17.6 Å². The lowest BCUT2D eigenvalue weighted by molar-refractivity contribution is -0.188. The van der Waals surface area contributed by atoms with Crippen LogP contribution in [0.1, 0.15) is 39.9 Å². The average molecular weight is 366 g/mol. The van der Waals surface area contributed by atoms with Crippen LogP contribution in [0.4, 0.5) is 0 Å².